The highest BCUT2D eigenvalue weighted by molar-refractivity contribution is 7.15. The number of aromatic nitrogens is 1. The predicted octanol–water partition coefficient (Wildman–Crippen LogP) is 4.26. The van der Waals surface area contributed by atoms with Crippen molar-refractivity contribution in [1.82, 2.24) is 9.72 Å². The molecule has 1 aliphatic carbocycles. The van der Waals surface area contributed by atoms with E-state index in [9.17, 15) is 14.7 Å². The van der Waals surface area contributed by atoms with Gasteiger partial charge in [0.15, 0.2) is 0 Å². The third kappa shape index (κ3) is 2.83. The zero-order valence-electron chi connectivity index (χ0n) is 16.2. The molecule has 2 aliphatic rings. The Morgan fingerprint density at radius 3 is 2.76 bits per heavy atom. The minimum Gasteiger partial charge on any atom is -0.477 e. The van der Waals surface area contributed by atoms with Gasteiger partial charge >= 0.3 is 5.97 Å². The van der Waals surface area contributed by atoms with Crippen molar-refractivity contribution in [3.63, 3.8) is 0 Å². The van der Waals surface area contributed by atoms with E-state index in [-0.39, 0.29) is 17.5 Å². The Morgan fingerprint density at radius 1 is 1.34 bits per heavy atom. The molecule has 3 aromatic heterocycles. The fraction of sp³-hybridized carbons (Fsp3) is 0.364. The van der Waals surface area contributed by atoms with E-state index in [1.165, 1.54) is 27.1 Å². The van der Waals surface area contributed by atoms with Crippen molar-refractivity contribution in [3.8, 4) is 10.4 Å². The van der Waals surface area contributed by atoms with E-state index in [1.807, 2.05) is 6.92 Å². The van der Waals surface area contributed by atoms with E-state index in [2.05, 4.69) is 18.3 Å². The first kappa shape index (κ1) is 18.5. The molecular formula is C22H21FN2O3S. The fourth-order valence-corrected chi connectivity index (χ4v) is 5.80. The molecule has 150 valence electrons. The van der Waals surface area contributed by atoms with E-state index < -0.39 is 17.3 Å². The van der Waals surface area contributed by atoms with Gasteiger partial charge in [0.2, 0.25) is 0 Å². The lowest BCUT2D eigenvalue weighted by atomic mass is 9.98. The molecule has 2 N–H and O–H groups in total. The number of rotatable bonds is 3. The molecule has 0 aromatic carbocycles. The maximum atomic E-state index is 15.3. The highest BCUT2D eigenvalue weighted by Crippen LogP contribution is 2.45. The quantitative estimate of drug-likeness (QED) is 0.674. The monoisotopic (exact) mass is 412 g/mol. The van der Waals surface area contributed by atoms with Crippen LogP contribution in [0.15, 0.2) is 23.1 Å². The van der Waals surface area contributed by atoms with Gasteiger partial charge in [0.25, 0.3) is 5.56 Å². The van der Waals surface area contributed by atoms with Crippen LogP contribution in [0.5, 0.6) is 0 Å². The largest absolute Gasteiger partial charge is 0.477 e. The summed E-state index contributed by atoms with van der Waals surface area (Å²) in [5.74, 6) is -1.55. The number of hydrogen-bond donors (Lipinski definition) is 2. The Balaban J connectivity index is 1.81. The van der Waals surface area contributed by atoms with Gasteiger partial charge in [0.05, 0.1) is 5.52 Å². The maximum Gasteiger partial charge on any atom is 0.341 e. The number of pyridine rings is 2. The van der Waals surface area contributed by atoms with Gasteiger partial charge in [-0.05, 0) is 74.4 Å². The average Bonchev–Trinajstić information content (AvgIpc) is 3.42. The summed E-state index contributed by atoms with van der Waals surface area (Å²) < 4.78 is 16.5. The summed E-state index contributed by atoms with van der Waals surface area (Å²) in [5, 5.41) is 12.9. The average molecular weight is 412 g/mol. The van der Waals surface area contributed by atoms with Gasteiger partial charge < -0.3 is 10.4 Å². The van der Waals surface area contributed by atoms with E-state index in [1.54, 1.807) is 11.3 Å². The van der Waals surface area contributed by atoms with Gasteiger partial charge in [0, 0.05) is 27.6 Å². The molecule has 1 aliphatic heterocycles. The van der Waals surface area contributed by atoms with E-state index in [0.29, 0.717) is 16.6 Å². The van der Waals surface area contributed by atoms with Crippen molar-refractivity contribution >= 4 is 22.8 Å². The second-order valence-electron chi connectivity index (χ2n) is 8.02. The lowest BCUT2D eigenvalue weighted by Crippen LogP contribution is -2.26. The van der Waals surface area contributed by atoms with Crippen LogP contribution in [-0.4, -0.2) is 22.0 Å². The molecule has 0 bridgehead atoms. The molecule has 29 heavy (non-hydrogen) atoms. The third-order valence-corrected chi connectivity index (χ3v) is 7.43. The SMILES string of the molecule is Cc1c(-c2cc3c(s2)C(C)NCC3)c(F)cn2c(=O)c(C(=O)O)cc(C3CC3)c12. The zero-order valence-corrected chi connectivity index (χ0v) is 17.0. The number of hydrogen-bond acceptors (Lipinski definition) is 4. The number of halogens is 1. The highest BCUT2D eigenvalue weighted by Gasteiger charge is 2.31. The standard InChI is InChI=1S/C22H21FN2O3S/c1-10-18(17-7-13-5-6-24-11(2)20(13)29-17)16(23)9-25-19(10)14(12-3-4-12)8-15(21(25)26)22(27)28/h7-9,11-12,24H,3-6H2,1-2H3,(H,27,28). The predicted molar refractivity (Wildman–Crippen MR) is 111 cm³/mol. The van der Waals surface area contributed by atoms with Crippen LogP contribution in [0.2, 0.25) is 0 Å². The lowest BCUT2D eigenvalue weighted by molar-refractivity contribution is 0.0694. The van der Waals surface area contributed by atoms with Crippen molar-refractivity contribution in [2.24, 2.45) is 0 Å². The maximum absolute atomic E-state index is 15.3. The summed E-state index contributed by atoms with van der Waals surface area (Å²) >= 11 is 1.59. The molecule has 1 fully saturated rings. The van der Waals surface area contributed by atoms with E-state index in [0.717, 1.165) is 36.2 Å². The number of aryl methyl sites for hydroxylation is 1. The number of aromatic carboxylic acids is 1. The summed E-state index contributed by atoms with van der Waals surface area (Å²) in [6.45, 7) is 4.85. The number of nitrogens with zero attached hydrogens (tertiary/aromatic N) is 1. The third-order valence-electron chi connectivity index (χ3n) is 6.05. The molecule has 1 saturated carbocycles. The first-order chi connectivity index (χ1) is 13.9. The summed E-state index contributed by atoms with van der Waals surface area (Å²) in [5.41, 5.74) is 2.95. The molecule has 4 heterocycles. The number of nitrogens with one attached hydrogen (secondary N) is 1. The summed E-state index contributed by atoms with van der Waals surface area (Å²) in [4.78, 5) is 26.4. The normalized spacial score (nSPS) is 18.8. The summed E-state index contributed by atoms with van der Waals surface area (Å²) in [7, 11) is 0. The minimum atomic E-state index is -1.28. The van der Waals surface area contributed by atoms with Gasteiger partial charge in [-0.25, -0.2) is 9.18 Å². The Labute approximate surface area is 170 Å². The summed E-state index contributed by atoms with van der Waals surface area (Å²) in [6, 6.07) is 3.81. The highest BCUT2D eigenvalue weighted by atomic mass is 32.1. The van der Waals surface area contributed by atoms with Gasteiger partial charge in [-0.15, -0.1) is 11.3 Å². The molecular weight excluding hydrogens is 391 g/mol. The van der Waals surface area contributed by atoms with E-state index >= 15 is 4.39 Å². The van der Waals surface area contributed by atoms with Gasteiger partial charge in [-0.2, -0.15) is 0 Å². The molecule has 0 radical (unpaired) electrons. The van der Waals surface area contributed by atoms with Crippen molar-refractivity contribution in [2.75, 3.05) is 6.54 Å². The first-order valence-electron chi connectivity index (χ1n) is 9.84. The van der Waals surface area contributed by atoms with Crippen molar-refractivity contribution in [1.29, 1.82) is 0 Å². The molecule has 0 saturated heterocycles. The number of thiophene rings is 1. The molecule has 7 heteroatoms. The second-order valence-corrected chi connectivity index (χ2v) is 9.10. The number of fused-ring (bicyclic) bond motifs is 2. The molecule has 5 rings (SSSR count). The van der Waals surface area contributed by atoms with E-state index in [4.69, 9.17) is 0 Å². The molecule has 3 aromatic rings. The number of carbonyl (C=O) groups is 1. The van der Waals surface area contributed by atoms with Crippen LogP contribution in [0.4, 0.5) is 4.39 Å². The molecule has 0 amide bonds. The zero-order chi connectivity index (χ0) is 20.4. The molecule has 1 unspecified atom stereocenters. The lowest BCUT2D eigenvalue weighted by Gasteiger charge is -2.19. The van der Waals surface area contributed by atoms with Crippen LogP contribution in [0, 0.1) is 12.7 Å². The topological polar surface area (TPSA) is 70.8 Å². The van der Waals surface area contributed by atoms with Crippen LogP contribution in [-0.2, 0) is 6.42 Å². The Hall–Kier alpha value is -2.51. The Kier molecular flexibility index (Phi) is 4.15. The fourth-order valence-electron chi connectivity index (χ4n) is 4.46. The van der Waals surface area contributed by atoms with Gasteiger partial charge in [-0.3, -0.25) is 9.20 Å². The Morgan fingerprint density at radius 2 is 2.10 bits per heavy atom. The summed E-state index contributed by atoms with van der Waals surface area (Å²) in [6.07, 6.45) is 3.99. The molecule has 0 spiro atoms. The van der Waals surface area contributed by atoms with Crippen molar-refractivity contribution in [3.05, 3.63) is 61.6 Å². The molecule has 5 nitrogen and oxygen atoms in total. The smallest absolute Gasteiger partial charge is 0.341 e. The van der Waals surface area contributed by atoms with Gasteiger partial charge in [0.1, 0.15) is 11.4 Å². The van der Waals surface area contributed by atoms with Crippen LogP contribution < -0.4 is 10.9 Å². The van der Waals surface area contributed by atoms with Crippen LogP contribution in [0.3, 0.4) is 0 Å². The Bertz CT molecular complexity index is 1240. The number of carboxylic acid groups (broad SMARTS) is 1. The van der Waals surface area contributed by atoms with Gasteiger partial charge in [-0.1, -0.05) is 0 Å². The minimum absolute atomic E-state index is 0.224. The van der Waals surface area contributed by atoms with Crippen LogP contribution >= 0.6 is 11.3 Å². The first-order valence-corrected chi connectivity index (χ1v) is 10.7. The second kappa shape index (κ2) is 6.50. The van der Waals surface area contributed by atoms with Crippen LogP contribution in [0.1, 0.15) is 63.7 Å². The van der Waals surface area contributed by atoms with Crippen molar-refractivity contribution < 1.29 is 14.3 Å². The van der Waals surface area contributed by atoms with Crippen LogP contribution in [0.25, 0.3) is 16.0 Å². The number of carboxylic acids is 1. The molecule has 1 atom stereocenters. The van der Waals surface area contributed by atoms with Crippen molar-refractivity contribution in [2.45, 2.75) is 45.1 Å².